The molecule has 0 heterocycles. The first kappa shape index (κ1) is 9.81. The topological polar surface area (TPSA) is 51.0 Å². The first-order chi connectivity index (χ1) is 5.31. The average Bonchev–Trinajstić information content (AvgIpc) is 1.99. The minimum Gasteiger partial charge on any atom is -0.462 e. The molecular weight excluding hydrogens is 144 g/mol. The highest BCUT2D eigenvalue weighted by molar-refractivity contribution is 6.23. The van der Waals surface area contributed by atoms with Crippen molar-refractivity contribution < 1.29 is 9.53 Å². The molecule has 0 aromatic rings. The fourth-order valence-electron chi connectivity index (χ4n) is 0.389. The Kier molecular flexibility index (Phi) is 6.17. The number of hydrogen-bond donors (Lipinski definition) is 0. The monoisotopic (exact) mass is 156 g/mol. The van der Waals surface area contributed by atoms with E-state index >= 15 is 0 Å². The molecule has 0 rings (SSSR count). The maximum absolute atomic E-state index is 10.6. The Balaban J connectivity index is 3.56. The summed E-state index contributed by atoms with van der Waals surface area (Å²) in [5, 5.41) is 7.01. The lowest BCUT2D eigenvalue weighted by atomic mass is 10.6. The molecule has 0 unspecified atom stereocenters. The highest BCUT2D eigenvalue weighted by Gasteiger charge is 1.91. The Morgan fingerprint density at radius 2 is 2.18 bits per heavy atom. The zero-order valence-electron chi connectivity index (χ0n) is 6.78. The summed E-state index contributed by atoms with van der Waals surface area (Å²) in [7, 11) is 0. The number of rotatable bonds is 4. The lowest BCUT2D eigenvalue weighted by Crippen LogP contribution is -2.04. The van der Waals surface area contributed by atoms with Gasteiger partial charge in [-0.25, -0.2) is 4.79 Å². The third-order valence-electron chi connectivity index (χ3n) is 0.781. The first-order valence-corrected chi connectivity index (χ1v) is 3.52. The fourth-order valence-corrected chi connectivity index (χ4v) is 0.389. The van der Waals surface area contributed by atoms with Crippen LogP contribution in [0, 0.1) is 0 Å². The molecule has 62 valence electrons. The van der Waals surface area contributed by atoms with Gasteiger partial charge in [0.2, 0.25) is 0 Å². The summed E-state index contributed by atoms with van der Waals surface area (Å²) in [5.41, 5.74) is 0. The Morgan fingerprint density at radius 3 is 2.73 bits per heavy atom. The molecule has 0 fully saturated rings. The largest absolute Gasteiger partial charge is 0.462 e. The lowest BCUT2D eigenvalue weighted by Gasteiger charge is -1.91. The summed E-state index contributed by atoms with van der Waals surface area (Å²) >= 11 is 0. The number of ether oxygens (including phenoxy) is 1. The van der Waals surface area contributed by atoms with Crippen molar-refractivity contribution in [2.45, 2.75) is 20.3 Å². The van der Waals surface area contributed by atoms with Crippen molar-refractivity contribution in [3.63, 3.8) is 0 Å². The molecule has 0 saturated carbocycles. The smallest absolute Gasteiger partial charge is 0.351 e. The molecule has 0 spiro atoms. The average molecular weight is 156 g/mol. The van der Waals surface area contributed by atoms with Gasteiger partial charge in [0.05, 0.1) is 6.61 Å². The highest BCUT2D eigenvalue weighted by Crippen LogP contribution is 1.75. The van der Waals surface area contributed by atoms with Gasteiger partial charge in [-0.15, -0.1) is 0 Å². The van der Waals surface area contributed by atoms with Crippen LogP contribution in [0.1, 0.15) is 20.3 Å². The van der Waals surface area contributed by atoms with E-state index in [0.29, 0.717) is 6.61 Å². The predicted molar refractivity (Wildman–Crippen MR) is 43.9 cm³/mol. The van der Waals surface area contributed by atoms with E-state index in [2.05, 4.69) is 14.9 Å². The maximum atomic E-state index is 10.6. The van der Waals surface area contributed by atoms with Crippen molar-refractivity contribution in [3.8, 4) is 0 Å². The summed E-state index contributed by atoms with van der Waals surface area (Å²) in [6.07, 6.45) is 3.46. The minimum absolute atomic E-state index is 0.363. The molecule has 0 atom stereocenters. The second-order valence-electron chi connectivity index (χ2n) is 1.70. The molecule has 0 aromatic carbocycles. The molecule has 0 aromatic heterocycles. The molecule has 11 heavy (non-hydrogen) atoms. The third kappa shape index (κ3) is 6.70. The highest BCUT2D eigenvalue weighted by atomic mass is 16.5. The molecule has 0 saturated heterocycles. The quantitative estimate of drug-likeness (QED) is 0.346. The van der Waals surface area contributed by atoms with E-state index < -0.39 is 5.97 Å². The summed E-state index contributed by atoms with van der Waals surface area (Å²) < 4.78 is 4.56. The number of esters is 1. The van der Waals surface area contributed by atoms with Crippen LogP contribution in [-0.2, 0) is 9.53 Å². The van der Waals surface area contributed by atoms with Crippen molar-refractivity contribution in [2.75, 3.05) is 6.61 Å². The molecule has 0 aliphatic rings. The van der Waals surface area contributed by atoms with Crippen LogP contribution in [-0.4, -0.2) is 25.0 Å². The van der Waals surface area contributed by atoms with Gasteiger partial charge in [0.15, 0.2) is 0 Å². The number of carbonyl (C=O) groups is 1. The normalized spacial score (nSPS) is 11.1. The third-order valence-corrected chi connectivity index (χ3v) is 0.781. The lowest BCUT2D eigenvalue weighted by molar-refractivity contribution is -0.134. The van der Waals surface area contributed by atoms with Gasteiger partial charge in [-0.05, 0) is 13.3 Å². The van der Waals surface area contributed by atoms with Crippen molar-refractivity contribution in [2.24, 2.45) is 10.2 Å². The van der Waals surface area contributed by atoms with Crippen LogP contribution < -0.4 is 0 Å². The summed E-state index contributed by atoms with van der Waals surface area (Å²) in [4.78, 5) is 10.6. The van der Waals surface area contributed by atoms with Crippen LogP contribution in [0.3, 0.4) is 0 Å². The molecule has 4 nitrogen and oxygen atoms in total. The second-order valence-corrected chi connectivity index (χ2v) is 1.70. The standard InChI is InChI=1S/C7H12N2O2/c1-3-5-8-9-6-7(10)11-4-2/h5-6H,3-4H2,1-2H3. The first-order valence-electron chi connectivity index (χ1n) is 3.52. The van der Waals surface area contributed by atoms with Gasteiger partial charge >= 0.3 is 5.97 Å². The molecule has 0 amide bonds. The van der Waals surface area contributed by atoms with Gasteiger partial charge in [-0.2, -0.15) is 10.2 Å². The second kappa shape index (κ2) is 6.92. The molecule has 0 radical (unpaired) electrons. The summed E-state index contributed by atoms with van der Waals surface area (Å²) in [6.45, 7) is 4.03. The van der Waals surface area contributed by atoms with E-state index in [4.69, 9.17) is 0 Å². The maximum Gasteiger partial charge on any atom is 0.351 e. The fraction of sp³-hybridized carbons (Fsp3) is 0.571. The predicted octanol–water partition coefficient (Wildman–Crippen LogP) is 1.02. The van der Waals surface area contributed by atoms with E-state index in [1.165, 1.54) is 0 Å². The Hall–Kier alpha value is -1.19. The van der Waals surface area contributed by atoms with Crippen LogP contribution in [0.4, 0.5) is 0 Å². The van der Waals surface area contributed by atoms with Gasteiger partial charge in [-0.3, -0.25) is 0 Å². The van der Waals surface area contributed by atoms with Crippen molar-refractivity contribution in [1.29, 1.82) is 0 Å². The van der Waals surface area contributed by atoms with Gasteiger partial charge in [0, 0.05) is 6.21 Å². The van der Waals surface area contributed by atoms with Crippen LogP contribution in [0.5, 0.6) is 0 Å². The Labute approximate surface area is 66.0 Å². The number of nitrogens with zero attached hydrogens (tertiary/aromatic N) is 2. The zero-order valence-corrected chi connectivity index (χ0v) is 6.78. The van der Waals surface area contributed by atoms with Crippen LogP contribution >= 0.6 is 0 Å². The Morgan fingerprint density at radius 1 is 1.45 bits per heavy atom. The Bertz CT molecular complexity index is 164. The van der Waals surface area contributed by atoms with E-state index in [0.717, 1.165) is 12.6 Å². The van der Waals surface area contributed by atoms with E-state index in [-0.39, 0.29) is 0 Å². The summed E-state index contributed by atoms with van der Waals surface area (Å²) in [5.74, 6) is -0.458. The summed E-state index contributed by atoms with van der Waals surface area (Å²) in [6, 6.07) is 0. The zero-order chi connectivity index (χ0) is 8.53. The molecule has 0 aliphatic heterocycles. The van der Waals surface area contributed by atoms with Crippen LogP contribution in [0.15, 0.2) is 10.2 Å². The number of carbonyl (C=O) groups excluding carboxylic acids is 1. The minimum atomic E-state index is -0.458. The van der Waals surface area contributed by atoms with E-state index in [1.807, 2.05) is 6.92 Å². The SMILES string of the molecule is CCC=NN=CC(=O)OCC. The van der Waals surface area contributed by atoms with E-state index in [9.17, 15) is 4.79 Å². The molecular formula is C7H12N2O2. The number of hydrogen-bond acceptors (Lipinski definition) is 4. The van der Waals surface area contributed by atoms with Crippen LogP contribution in [0.25, 0.3) is 0 Å². The van der Waals surface area contributed by atoms with E-state index in [1.54, 1.807) is 13.1 Å². The molecule has 0 N–H and O–H groups in total. The molecule has 0 aliphatic carbocycles. The molecule has 0 bridgehead atoms. The van der Waals surface area contributed by atoms with Gasteiger partial charge in [0.25, 0.3) is 0 Å². The van der Waals surface area contributed by atoms with Crippen molar-refractivity contribution in [1.82, 2.24) is 0 Å². The molecule has 4 heteroatoms. The van der Waals surface area contributed by atoms with Crippen molar-refractivity contribution in [3.05, 3.63) is 0 Å². The van der Waals surface area contributed by atoms with Gasteiger partial charge in [0.1, 0.15) is 6.21 Å². The van der Waals surface area contributed by atoms with Crippen LogP contribution in [0.2, 0.25) is 0 Å². The van der Waals surface area contributed by atoms with Gasteiger partial charge < -0.3 is 4.74 Å². The van der Waals surface area contributed by atoms with Gasteiger partial charge in [-0.1, -0.05) is 6.92 Å². The van der Waals surface area contributed by atoms with Crippen molar-refractivity contribution >= 4 is 18.4 Å².